The molecule has 0 saturated carbocycles. The molecular weight excluding hydrogens is 388 g/mol. The van der Waals surface area contributed by atoms with E-state index in [9.17, 15) is 0 Å². The largest absolute Gasteiger partial charge is 2.00 e. The third kappa shape index (κ3) is 7.35. The molecule has 0 atom stereocenters. The van der Waals surface area contributed by atoms with Crippen molar-refractivity contribution in [1.29, 1.82) is 0 Å². The number of benzene rings is 1. The molecule has 0 aliphatic rings. The van der Waals surface area contributed by atoms with E-state index in [0.29, 0.717) is 0 Å². The van der Waals surface area contributed by atoms with E-state index in [1.165, 1.54) is 65.4 Å². The van der Waals surface area contributed by atoms with Crippen LogP contribution in [0.5, 0.6) is 0 Å². The second-order valence-electron chi connectivity index (χ2n) is 5.27. The Morgan fingerprint density at radius 3 is 2.23 bits per heavy atom. The fraction of sp³-hybridized carbons (Fsp3) is 0.444. The zero-order valence-electron chi connectivity index (χ0n) is 13.2. The van der Waals surface area contributed by atoms with Crippen LogP contribution in [0.3, 0.4) is 0 Å². The summed E-state index contributed by atoms with van der Waals surface area (Å²) in [5.74, 6) is 0. The summed E-state index contributed by atoms with van der Waals surface area (Å²) in [4.78, 5) is 0. The standard InChI is InChI=1S/C18H22BrS.ClH.Mg/c1-2-3-4-5-6-7-8-15-9-11-16(12-10-15)17-13-14-20-18(17)19;;/h9-13H,2-8H2,1H3;1H;/q-1;;+2/p-1. The average molecular weight is 410 g/mol. The third-order valence-corrected chi connectivity index (χ3v) is 5.20. The van der Waals surface area contributed by atoms with Crippen LogP contribution in [0.25, 0.3) is 11.1 Å². The zero-order chi connectivity index (χ0) is 14.2. The molecule has 0 radical (unpaired) electrons. The maximum Gasteiger partial charge on any atom is 2.00 e. The summed E-state index contributed by atoms with van der Waals surface area (Å²) < 4.78 is 1.17. The maximum atomic E-state index is 3.58. The molecule has 0 bridgehead atoms. The molecule has 22 heavy (non-hydrogen) atoms. The number of hydrogen-bond acceptors (Lipinski definition) is 1. The molecule has 116 valence electrons. The molecule has 1 aromatic carbocycles. The molecule has 1 heterocycles. The Balaban J connectivity index is 0.00000220. The normalized spacial score (nSPS) is 9.91. The molecular formula is C18H22BrClMgS. The monoisotopic (exact) mass is 408 g/mol. The minimum atomic E-state index is 0. The van der Waals surface area contributed by atoms with Crippen LogP contribution < -0.4 is 12.4 Å². The fourth-order valence-electron chi connectivity index (χ4n) is 2.41. The van der Waals surface area contributed by atoms with Crippen molar-refractivity contribution in [2.75, 3.05) is 0 Å². The van der Waals surface area contributed by atoms with E-state index >= 15 is 0 Å². The maximum absolute atomic E-state index is 3.58. The predicted octanol–water partition coefficient (Wildman–Crippen LogP) is 3.50. The second kappa shape index (κ2) is 12.8. The number of unbranched alkanes of at least 4 members (excludes halogenated alkanes) is 5. The molecule has 1 aromatic heterocycles. The van der Waals surface area contributed by atoms with Crippen LogP contribution in [-0.4, -0.2) is 23.1 Å². The average Bonchev–Trinajstić information content (AvgIpc) is 2.90. The van der Waals surface area contributed by atoms with Crippen molar-refractivity contribution < 1.29 is 12.4 Å². The van der Waals surface area contributed by atoms with Gasteiger partial charge in [0.15, 0.2) is 0 Å². The third-order valence-electron chi connectivity index (χ3n) is 3.65. The number of halogens is 2. The topological polar surface area (TPSA) is 0 Å². The molecule has 0 nitrogen and oxygen atoms in total. The molecule has 0 amide bonds. The quantitative estimate of drug-likeness (QED) is 0.355. The Hall–Kier alpha value is 0.456. The Kier molecular flexibility index (Phi) is 13.1. The molecule has 0 saturated heterocycles. The van der Waals surface area contributed by atoms with Crippen molar-refractivity contribution in [3.05, 3.63) is 45.1 Å². The Bertz CT molecular complexity index is 510. The second-order valence-corrected chi connectivity index (χ2v) is 7.43. The van der Waals surface area contributed by atoms with Gasteiger partial charge in [-0.3, -0.25) is 11.3 Å². The Morgan fingerprint density at radius 2 is 1.64 bits per heavy atom. The first kappa shape index (κ1) is 22.5. The van der Waals surface area contributed by atoms with Crippen LogP contribution in [-0.2, 0) is 6.42 Å². The first-order chi connectivity index (χ1) is 9.81. The van der Waals surface area contributed by atoms with Gasteiger partial charge in [-0.25, -0.2) is 0 Å². The van der Waals surface area contributed by atoms with Crippen LogP contribution in [0.1, 0.15) is 51.0 Å². The number of hydrogen-bond donors (Lipinski definition) is 0. The first-order valence-electron chi connectivity index (χ1n) is 7.56. The Morgan fingerprint density at radius 1 is 1.00 bits per heavy atom. The summed E-state index contributed by atoms with van der Waals surface area (Å²) in [6.07, 6.45) is 9.41. The molecule has 0 unspecified atom stereocenters. The SMILES string of the molecule is CCCCCCCCc1ccc(-c2c[c-]sc2Br)cc1.[Cl-].[Mg+2]. The van der Waals surface area contributed by atoms with E-state index in [1.54, 1.807) is 11.3 Å². The molecule has 0 aliphatic carbocycles. The molecule has 0 aliphatic heterocycles. The van der Waals surface area contributed by atoms with E-state index in [4.69, 9.17) is 0 Å². The van der Waals surface area contributed by atoms with Gasteiger partial charge < -0.3 is 12.4 Å². The molecule has 4 heteroatoms. The van der Waals surface area contributed by atoms with Gasteiger partial charge >= 0.3 is 23.1 Å². The van der Waals surface area contributed by atoms with E-state index in [-0.39, 0.29) is 35.5 Å². The van der Waals surface area contributed by atoms with Gasteiger partial charge in [-0.05, 0) is 18.4 Å². The van der Waals surface area contributed by atoms with Crippen LogP contribution >= 0.6 is 27.3 Å². The van der Waals surface area contributed by atoms with E-state index in [0.717, 1.165) is 0 Å². The summed E-state index contributed by atoms with van der Waals surface area (Å²) in [6.45, 7) is 2.27. The van der Waals surface area contributed by atoms with Crippen molar-refractivity contribution in [3.63, 3.8) is 0 Å². The first-order valence-corrected chi connectivity index (χ1v) is 9.17. The molecule has 0 N–H and O–H groups in total. The van der Waals surface area contributed by atoms with Crippen molar-refractivity contribution in [2.45, 2.75) is 51.9 Å². The van der Waals surface area contributed by atoms with Gasteiger partial charge in [0, 0.05) is 0 Å². The Labute approximate surface area is 169 Å². The van der Waals surface area contributed by atoms with Crippen LogP contribution in [0.2, 0.25) is 0 Å². The van der Waals surface area contributed by atoms with E-state index < -0.39 is 0 Å². The van der Waals surface area contributed by atoms with Crippen LogP contribution in [0.4, 0.5) is 0 Å². The zero-order valence-corrected chi connectivity index (χ0v) is 17.8. The summed E-state index contributed by atoms with van der Waals surface area (Å²) in [5, 5.41) is 3.16. The summed E-state index contributed by atoms with van der Waals surface area (Å²) in [7, 11) is 0. The van der Waals surface area contributed by atoms with Gasteiger partial charge in [0.2, 0.25) is 0 Å². The minimum Gasteiger partial charge on any atom is -1.00 e. The number of aryl methyl sites for hydroxylation is 1. The minimum absolute atomic E-state index is 0. The predicted molar refractivity (Wildman–Crippen MR) is 99.1 cm³/mol. The van der Waals surface area contributed by atoms with Gasteiger partial charge in [-0.1, -0.05) is 72.6 Å². The van der Waals surface area contributed by atoms with E-state index in [2.05, 4.69) is 58.6 Å². The van der Waals surface area contributed by atoms with Gasteiger partial charge in [0.1, 0.15) is 0 Å². The van der Waals surface area contributed by atoms with Crippen molar-refractivity contribution in [3.8, 4) is 11.1 Å². The van der Waals surface area contributed by atoms with Crippen molar-refractivity contribution in [2.24, 2.45) is 0 Å². The summed E-state index contributed by atoms with van der Waals surface area (Å²) in [5.41, 5.74) is 3.99. The van der Waals surface area contributed by atoms with Gasteiger partial charge in [0.05, 0.1) is 0 Å². The summed E-state index contributed by atoms with van der Waals surface area (Å²) >= 11 is 5.20. The van der Waals surface area contributed by atoms with Gasteiger partial charge in [-0.15, -0.1) is 26.9 Å². The van der Waals surface area contributed by atoms with Crippen LogP contribution in [0, 0.1) is 5.38 Å². The number of thiophene rings is 1. The van der Waals surface area contributed by atoms with E-state index in [1.807, 2.05) is 0 Å². The number of rotatable bonds is 8. The van der Waals surface area contributed by atoms with Crippen molar-refractivity contribution in [1.82, 2.24) is 0 Å². The van der Waals surface area contributed by atoms with Crippen LogP contribution in [0.15, 0.2) is 34.1 Å². The molecule has 2 aromatic rings. The molecule has 2 rings (SSSR count). The van der Waals surface area contributed by atoms with Crippen molar-refractivity contribution >= 4 is 50.3 Å². The fourth-order valence-corrected chi connectivity index (χ4v) is 3.60. The molecule has 0 spiro atoms. The van der Waals surface area contributed by atoms with Gasteiger partial charge in [-0.2, -0.15) is 6.07 Å². The molecule has 0 fully saturated rings. The van der Waals surface area contributed by atoms with Gasteiger partial charge in [0.25, 0.3) is 0 Å². The smallest absolute Gasteiger partial charge is 1.00 e. The summed E-state index contributed by atoms with van der Waals surface area (Å²) in [6, 6.07) is 11.1.